The van der Waals surface area contributed by atoms with Gasteiger partial charge in [-0.15, -0.1) is 11.3 Å². The number of nitrogens with one attached hydrogen (secondary N) is 1. The number of nitrogens with zero attached hydrogens (tertiary/aromatic N) is 1. The molecule has 1 N–H and O–H groups in total. The Balaban J connectivity index is 2.32. The molecule has 0 amide bonds. The molecule has 1 aromatic carbocycles. The molecule has 0 atom stereocenters. The van der Waals surface area contributed by atoms with Crippen LogP contribution in [0.1, 0.15) is 5.56 Å². The van der Waals surface area contributed by atoms with Crippen LogP contribution in [0.4, 0.5) is 0 Å². The molecule has 0 saturated carbocycles. The van der Waals surface area contributed by atoms with Gasteiger partial charge in [-0.2, -0.15) is 0 Å². The number of benzene rings is 1. The van der Waals surface area contributed by atoms with E-state index in [1.54, 1.807) is 17.7 Å². The Kier molecular flexibility index (Phi) is 2.93. The van der Waals surface area contributed by atoms with E-state index in [0.717, 1.165) is 36.6 Å². The van der Waals surface area contributed by atoms with E-state index in [-0.39, 0.29) is 0 Å². The molecule has 2 heterocycles. The fourth-order valence-corrected chi connectivity index (χ4v) is 3.28. The van der Waals surface area contributed by atoms with Crippen LogP contribution in [0, 0.1) is 11.6 Å². The van der Waals surface area contributed by atoms with Crippen LogP contribution in [0.25, 0.3) is 21.3 Å². The minimum Gasteiger partial charge on any atom is -0.337 e. The summed E-state index contributed by atoms with van der Waals surface area (Å²) < 4.78 is 0.726. The van der Waals surface area contributed by atoms with Crippen molar-refractivity contribution in [3.8, 4) is 11.1 Å². The average molecular weight is 293 g/mol. The predicted molar refractivity (Wildman–Crippen MR) is 80.0 cm³/mol. The Morgan fingerprint density at radius 2 is 2.22 bits per heavy atom. The summed E-state index contributed by atoms with van der Waals surface area (Å²) in [6.45, 7) is 2.00. The van der Waals surface area contributed by atoms with Crippen LogP contribution in [-0.4, -0.2) is 9.97 Å². The number of hydrogen-bond donors (Lipinski definition) is 1. The summed E-state index contributed by atoms with van der Waals surface area (Å²) in [7, 11) is 0. The van der Waals surface area contributed by atoms with E-state index >= 15 is 0 Å². The molecule has 2 nitrogen and oxygen atoms in total. The number of aromatic amines is 1. The molecule has 0 spiro atoms. The fourth-order valence-electron chi connectivity index (χ4n) is 1.91. The molecule has 90 valence electrons. The molecule has 0 aliphatic carbocycles. The van der Waals surface area contributed by atoms with E-state index in [1.165, 1.54) is 0 Å². The number of aryl methyl sites for hydroxylation is 1. The zero-order valence-corrected chi connectivity index (χ0v) is 11.9. The van der Waals surface area contributed by atoms with E-state index < -0.39 is 0 Å². The molecule has 0 bridgehead atoms. The van der Waals surface area contributed by atoms with Crippen LogP contribution in [0.2, 0.25) is 5.02 Å². The van der Waals surface area contributed by atoms with Crippen molar-refractivity contribution in [2.75, 3.05) is 0 Å². The highest BCUT2D eigenvalue weighted by atomic mass is 35.5. The maximum Gasteiger partial charge on any atom is 0.128 e. The summed E-state index contributed by atoms with van der Waals surface area (Å²) in [4.78, 5) is 8.24. The third kappa shape index (κ3) is 1.86. The lowest BCUT2D eigenvalue weighted by Crippen LogP contribution is -1.83. The normalized spacial score (nSPS) is 11.0. The molecule has 0 radical (unpaired) electrons. The second-order valence-corrected chi connectivity index (χ2v) is 5.70. The van der Waals surface area contributed by atoms with Crippen LogP contribution >= 0.6 is 35.2 Å². The van der Waals surface area contributed by atoms with E-state index in [9.17, 15) is 0 Å². The van der Waals surface area contributed by atoms with Crippen LogP contribution in [-0.2, 0) is 0 Å². The van der Waals surface area contributed by atoms with Gasteiger partial charge in [0.1, 0.15) is 9.47 Å². The van der Waals surface area contributed by atoms with Crippen molar-refractivity contribution >= 4 is 45.4 Å². The number of fused-ring (bicyclic) bond motifs is 1. The van der Waals surface area contributed by atoms with Gasteiger partial charge in [-0.3, -0.25) is 0 Å². The summed E-state index contributed by atoms with van der Waals surface area (Å²) in [5, 5.41) is 3.88. The van der Waals surface area contributed by atoms with Crippen LogP contribution in [0.5, 0.6) is 0 Å². The largest absolute Gasteiger partial charge is 0.337 e. The number of H-pyrrole nitrogens is 1. The number of thiophene rings is 1. The minimum atomic E-state index is 0.726. The van der Waals surface area contributed by atoms with Crippen LogP contribution in [0.3, 0.4) is 0 Å². The van der Waals surface area contributed by atoms with Crippen molar-refractivity contribution in [2.45, 2.75) is 6.92 Å². The fraction of sp³-hybridized carbons (Fsp3) is 0.0769. The zero-order chi connectivity index (χ0) is 12.7. The highest BCUT2D eigenvalue weighted by Crippen LogP contribution is 2.34. The molecule has 0 fully saturated rings. The standard InChI is InChI=1S/C13H9ClN2S2/c1-7-4-8(2-3-10(7)14)9-5-18-13-11(9)12(17)15-6-16-13/h2-6H,1H3,(H,15,16,17). The first-order valence-corrected chi connectivity index (χ1v) is 7.05. The first-order valence-electron chi connectivity index (χ1n) is 5.38. The minimum absolute atomic E-state index is 0.726. The molecule has 5 heteroatoms. The van der Waals surface area contributed by atoms with Gasteiger partial charge in [0.05, 0.1) is 11.7 Å². The summed E-state index contributed by atoms with van der Waals surface area (Å²) >= 11 is 13.0. The van der Waals surface area contributed by atoms with Gasteiger partial charge in [-0.1, -0.05) is 29.9 Å². The van der Waals surface area contributed by atoms with Crippen molar-refractivity contribution < 1.29 is 0 Å². The molecule has 18 heavy (non-hydrogen) atoms. The van der Waals surface area contributed by atoms with E-state index in [2.05, 4.69) is 21.4 Å². The Bertz CT molecular complexity index is 789. The molecular formula is C13H9ClN2S2. The van der Waals surface area contributed by atoms with Gasteiger partial charge >= 0.3 is 0 Å². The third-order valence-corrected chi connectivity index (χ3v) is 4.48. The summed E-state index contributed by atoms with van der Waals surface area (Å²) in [6, 6.07) is 6.00. The summed E-state index contributed by atoms with van der Waals surface area (Å²) in [6.07, 6.45) is 1.64. The van der Waals surface area contributed by atoms with Gasteiger partial charge in [-0.25, -0.2) is 4.98 Å². The molecule has 3 rings (SSSR count). The molecule has 2 aromatic heterocycles. The molecule has 0 aliphatic heterocycles. The highest BCUT2D eigenvalue weighted by molar-refractivity contribution is 7.71. The second-order valence-electron chi connectivity index (χ2n) is 4.03. The van der Waals surface area contributed by atoms with Crippen LogP contribution < -0.4 is 0 Å². The first kappa shape index (κ1) is 11.8. The summed E-state index contributed by atoms with van der Waals surface area (Å²) in [5.41, 5.74) is 3.30. The van der Waals surface area contributed by atoms with Crippen LogP contribution in [0.15, 0.2) is 29.9 Å². The lowest BCUT2D eigenvalue weighted by atomic mass is 10.0. The van der Waals surface area contributed by atoms with Crippen molar-refractivity contribution in [3.63, 3.8) is 0 Å². The topological polar surface area (TPSA) is 28.7 Å². The maximum absolute atomic E-state index is 6.06. The monoisotopic (exact) mass is 292 g/mol. The second kappa shape index (κ2) is 4.46. The quantitative estimate of drug-likeness (QED) is 0.641. The molecular weight excluding hydrogens is 284 g/mol. The Morgan fingerprint density at radius 1 is 1.39 bits per heavy atom. The van der Waals surface area contributed by atoms with Gasteiger partial charge in [0.25, 0.3) is 0 Å². The lowest BCUT2D eigenvalue weighted by molar-refractivity contribution is 1.22. The van der Waals surface area contributed by atoms with E-state index in [4.69, 9.17) is 23.8 Å². The van der Waals surface area contributed by atoms with E-state index in [0.29, 0.717) is 0 Å². The number of halogens is 1. The van der Waals surface area contributed by atoms with Crippen molar-refractivity contribution in [1.82, 2.24) is 9.97 Å². The van der Waals surface area contributed by atoms with Crippen molar-refractivity contribution in [1.29, 1.82) is 0 Å². The lowest BCUT2D eigenvalue weighted by Gasteiger charge is -2.03. The summed E-state index contributed by atoms with van der Waals surface area (Å²) in [5.74, 6) is 0. The predicted octanol–water partition coefficient (Wildman–Crippen LogP) is 4.98. The van der Waals surface area contributed by atoms with Gasteiger partial charge in [0, 0.05) is 16.0 Å². The molecule has 3 aromatic rings. The highest BCUT2D eigenvalue weighted by Gasteiger charge is 2.09. The third-order valence-electron chi connectivity index (χ3n) is 2.85. The smallest absolute Gasteiger partial charge is 0.128 e. The van der Waals surface area contributed by atoms with Gasteiger partial charge < -0.3 is 4.98 Å². The Morgan fingerprint density at radius 3 is 3.00 bits per heavy atom. The van der Waals surface area contributed by atoms with Gasteiger partial charge in [0.2, 0.25) is 0 Å². The Labute approximate surface area is 118 Å². The maximum atomic E-state index is 6.06. The SMILES string of the molecule is Cc1cc(-c2csc3nc[nH]c(=S)c23)ccc1Cl. The number of hydrogen-bond acceptors (Lipinski definition) is 3. The van der Waals surface area contributed by atoms with Gasteiger partial charge in [0.15, 0.2) is 0 Å². The molecule has 0 unspecified atom stereocenters. The Hall–Kier alpha value is -1.23. The average Bonchev–Trinajstić information content (AvgIpc) is 2.78. The van der Waals surface area contributed by atoms with Gasteiger partial charge in [-0.05, 0) is 30.2 Å². The van der Waals surface area contributed by atoms with E-state index in [1.807, 2.05) is 19.1 Å². The van der Waals surface area contributed by atoms with Crippen molar-refractivity contribution in [2.24, 2.45) is 0 Å². The first-order chi connectivity index (χ1) is 8.66. The zero-order valence-electron chi connectivity index (χ0n) is 9.53. The molecule has 0 saturated heterocycles. The molecule has 0 aliphatic rings. The number of aromatic nitrogens is 2. The number of rotatable bonds is 1. The van der Waals surface area contributed by atoms with Crippen molar-refractivity contribution in [3.05, 3.63) is 45.1 Å².